The molecule has 19 nitrogen and oxygen atoms in total. The van der Waals surface area contributed by atoms with Crippen LogP contribution in [0.15, 0.2) is 85.1 Å². The highest BCUT2D eigenvalue weighted by atomic mass is 16.8. The van der Waals surface area contributed by atoms with Crippen LogP contribution in [0.4, 0.5) is 0 Å². The van der Waals surface area contributed by atoms with E-state index in [2.05, 4.69) is 92.1 Å². The van der Waals surface area contributed by atoms with Gasteiger partial charge in [-0.15, -0.1) is 0 Å². The monoisotopic (exact) mass is 1600 g/mol. The van der Waals surface area contributed by atoms with Crippen molar-refractivity contribution in [3.8, 4) is 0 Å². The number of hydrogen-bond donors (Lipinski definition) is 12. The molecular formula is C94H169NO18. The average molecular weight is 1600 g/mol. The summed E-state index contributed by atoms with van der Waals surface area (Å²) in [7, 11) is 0. The van der Waals surface area contributed by atoms with Crippen molar-refractivity contribution in [2.45, 2.75) is 478 Å². The van der Waals surface area contributed by atoms with Gasteiger partial charge in [-0.1, -0.05) is 375 Å². The number of allylic oxidation sites excluding steroid dienone is 13. The molecule has 17 unspecified atom stereocenters. The first-order valence-corrected chi connectivity index (χ1v) is 46.3. The lowest BCUT2D eigenvalue weighted by Crippen LogP contribution is -2.66. The van der Waals surface area contributed by atoms with E-state index in [1.54, 1.807) is 6.08 Å². The third kappa shape index (κ3) is 51.3. The highest BCUT2D eigenvalue weighted by Crippen LogP contribution is 2.34. The average Bonchev–Trinajstić information content (AvgIpc) is 0.777. The van der Waals surface area contributed by atoms with E-state index in [-0.39, 0.29) is 18.9 Å². The Morgan fingerprint density at radius 3 is 0.991 bits per heavy atom. The Hall–Kier alpha value is -3.03. The standard InChI is InChI=1S/C94H169NO18/c1-3-5-7-9-11-13-15-17-19-21-23-25-27-29-31-32-33-34-35-36-37-38-39-40-41-42-43-44-46-48-50-52-54-56-58-60-62-64-66-68-70-72-82(100)95-77(78(99)71-69-67-65-63-61-59-57-55-53-51-49-47-45-30-28-26-24-22-20-18-16-14-12-10-8-6-4-2)76-108-92-88(106)85(103)90(80(74-97)110-92)113-94-89(107)86(104)91(81(75-98)111-94)112-93-87(105)84(102)83(101)79(73-96)109-93/h5,7,11,13,17,19,23,25,29,31,61,63,69,71,77-81,83-94,96-99,101-107H,3-4,6,8-10,12,14-16,18,20-22,24,26-28,30,32-60,62,64-68,70,72-76H2,1-2H3,(H,95,100)/b7-5-,13-11-,19-17-,25-23-,31-29-,63-61+,71-69+. The largest absolute Gasteiger partial charge is 0.394 e. The van der Waals surface area contributed by atoms with E-state index in [4.69, 9.17) is 28.4 Å². The number of hydrogen-bond acceptors (Lipinski definition) is 18. The van der Waals surface area contributed by atoms with Crippen molar-refractivity contribution in [1.82, 2.24) is 5.32 Å². The van der Waals surface area contributed by atoms with Crippen molar-refractivity contribution >= 4 is 5.91 Å². The molecular weight excluding hydrogens is 1430 g/mol. The maximum absolute atomic E-state index is 13.5. The number of ether oxygens (including phenoxy) is 6. The molecule has 0 saturated carbocycles. The zero-order chi connectivity index (χ0) is 81.7. The fourth-order valence-corrected chi connectivity index (χ4v) is 15.4. The van der Waals surface area contributed by atoms with E-state index in [9.17, 15) is 61.0 Å². The summed E-state index contributed by atoms with van der Waals surface area (Å²) in [5, 5.41) is 121. The molecule has 0 radical (unpaired) electrons. The Balaban J connectivity index is 1.30. The topological polar surface area (TPSA) is 307 Å². The molecule has 3 aliphatic heterocycles. The number of aliphatic hydroxyl groups is 11. The molecule has 0 aromatic carbocycles. The number of amides is 1. The van der Waals surface area contributed by atoms with Crippen LogP contribution in [0, 0.1) is 0 Å². The number of carbonyl (C=O) groups excluding carboxylic acids is 1. The Morgan fingerprint density at radius 2 is 0.619 bits per heavy atom. The van der Waals surface area contributed by atoms with Crippen molar-refractivity contribution in [3.63, 3.8) is 0 Å². The zero-order valence-electron chi connectivity index (χ0n) is 71.1. The highest BCUT2D eigenvalue weighted by Gasteiger charge is 2.54. The second kappa shape index (κ2) is 72.9. The first-order valence-electron chi connectivity index (χ1n) is 46.3. The Bertz CT molecular complexity index is 2370. The van der Waals surface area contributed by atoms with Gasteiger partial charge in [0.15, 0.2) is 18.9 Å². The fourth-order valence-electron chi connectivity index (χ4n) is 15.4. The molecule has 0 spiro atoms. The third-order valence-electron chi connectivity index (χ3n) is 22.7. The molecule has 3 rings (SSSR count). The van der Waals surface area contributed by atoms with Crippen molar-refractivity contribution in [2.75, 3.05) is 26.4 Å². The van der Waals surface area contributed by atoms with E-state index in [0.29, 0.717) is 12.8 Å². The van der Waals surface area contributed by atoms with Crippen LogP contribution in [0.5, 0.6) is 0 Å². The summed E-state index contributed by atoms with van der Waals surface area (Å²) in [6, 6.07) is -0.993. The van der Waals surface area contributed by atoms with Crippen LogP contribution in [0.2, 0.25) is 0 Å². The van der Waals surface area contributed by atoms with Gasteiger partial charge in [-0.2, -0.15) is 0 Å². The minimum atomic E-state index is -1.98. The Kier molecular flexibility index (Phi) is 67.2. The summed E-state index contributed by atoms with van der Waals surface area (Å²) >= 11 is 0. The first kappa shape index (κ1) is 104. The van der Waals surface area contributed by atoms with Crippen molar-refractivity contribution in [2.24, 2.45) is 0 Å². The van der Waals surface area contributed by atoms with Crippen molar-refractivity contribution in [1.29, 1.82) is 0 Å². The molecule has 0 bridgehead atoms. The molecule has 0 aromatic heterocycles. The Labute approximate surface area is 686 Å². The van der Waals surface area contributed by atoms with Crippen molar-refractivity contribution < 1.29 is 89.4 Å². The van der Waals surface area contributed by atoms with Gasteiger partial charge < -0.3 is 89.9 Å². The molecule has 0 aliphatic carbocycles. The van der Waals surface area contributed by atoms with Gasteiger partial charge in [0.25, 0.3) is 0 Å². The van der Waals surface area contributed by atoms with E-state index in [1.165, 1.54) is 270 Å². The number of nitrogens with one attached hydrogen (secondary N) is 1. The second-order valence-electron chi connectivity index (χ2n) is 32.7. The summed E-state index contributed by atoms with van der Waals surface area (Å²) in [6.45, 7) is 1.66. The van der Waals surface area contributed by atoms with Crippen LogP contribution in [0.3, 0.4) is 0 Å². The summed E-state index contributed by atoms with van der Waals surface area (Å²) in [5.41, 5.74) is 0. The number of aliphatic hydroxyl groups excluding tert-OH is 11. The molecule has 1 amide bonds. The summed E-state index contributed by atoms with van der Waals surface area (Å²) < 4.78 is 34.5. The van der Waals surface area contributed by atoms with Crippen LogP contribution in [-0.4, -0.2) is 193 Å². The number of carbonyl (C=O) groups is 1. The molecule has 3 aliphatic rings. The second-order valence-corrected chi connectivity index (χ2v) is 32.7. The van der Waals surface area contributed by atoms with Gasteiger partial charge in [-0.25, -0.2) is 0 Å². The van der Waals surface area contributed by atoms with Crippen LogP contribution in [-0.2, 0) is 33.2 Å². The van der Waals surface area contributed by atoms with Gasteiger partial charge in [0.05, 0.1) is 38.6 Å². The molecule has 3 heterocycles. The molecule has 3 fully saturated rings. The summed E-state index contributed by atoms with van der Waals surface area (Å²) in [4.78, 5) is 13.5. The molecule has 658 valence electrons. The summed E-state index contributed by atoms with van der Waals surface area (Å²) in [6.07, 6.45) is 73.2. The quantitative estimate of drug-likeness (QED) is 0.0199. The Morgan fingerprint density at radius 1 is 0.327 bits per heavy atom. The first-order chi connectivity index (χ1) is 55.3. The van der Waals surface area contributed by atoms with Gasteiger partial charge in [-0.3, -0.25) is 4.79 Å². The van der Waals surface area contributed by atoms with Crippen molar-refractivity contribution in [3.05, 3.63) is 85.1 Å². The molecule has 113 heavy (non-hydrogen) atoms. The van der Waals surface area contributed by atoms with Crippen LogP contribution >= 0.6 is 0 Å². The van der Waals surface area contributed by atoms with Gasteiger partial charge in [0.1, 0.15) is 73.2 Å². The highest BCUT2D eigenvalue weighted by molar-refractivity contribution is 5.76. The molecule has 0 aromatic rings. The van der Waals surface area contributed by atoms with Crippen LogP contribution < -0.4 is 5.32 Å². The SMILES string of the molecule is CC/C=C\C/C=C\C/C=C\C/C=C\C/C=C\CCCCCCCCCCCCCCCCCCCCCCCCCCCC(=O)NC(COC1OC(CO)C(OC2OC(CO)C(OC3OC(CO)C(O)C(O)C3O)C(O)C2O)C(O)C1O)C(O)/C=C/CC/C=C/CCCCCCCCCCCCCCCCCCCCCCC. The number of unbranched alkanes of at least 4 members (excludes halogenated alkanes) is 47. The molecule has 3 saturated heterocycles. The molecule has 17 atom stereocenters. The summed E-state index contributed by atoms with van der Waals surface area (Å²) in [5.74, 6) is -0.279. The predicted molar refractivity (Wildman–Crippen MR) is 457 cm³/mol. The van der Waals surface area contributed by atoms with E-state index in [1.807, 2.05) is 6.08 Å². The fraction of sp³-hybridized carbons (Fsp3) is 0.840. The lowest BCUT2D eigenvalue weighted by atomic mass is 9.96. The third-order valence-corrected chi connectivity index (χ3v) is 22.7. The van der Waals surface area contributed by atoms with Gasteiger partial charge >= 0.3 is 0 Å². The van der Waals surface area contributed by atoms with E-state index >= 15 is 0 Å². The number of rotatable bonds is 75. The maximum Gasteiger partial charge on any atom is 0.220 e. The molecule has 12 N–H and O–H groups in total. The lowest BCUT2D eigenvalue weighted by molar-refractivity contribution is -0.379. The van der Waals surface area contributed by atoms with Gasteiger partial charge in [-0.05, 0) is 77.0 Å². The zero-order valence-corrected chi connectivity index (χ0v) is 71.1. The normalized spacial score (nSPS) is 25.2. The smallest absolute Gasteiger partial charge is 0.220 e. The minimum Gasteiger partial charge on any atom is -0.394 e. The van der Waals surface area contributed by atoms with E-state index < -0.39 is 124 Å². The van der Waals surface area contributed by atoms with Crippen LogP contribution in [0.1, 0.15) is 373 Å². The van der Waals surface area contributed by atoms with Gasteiger partial charge in [0.2, 0.25) is 5.91 Å². The van der Waals surface area contributed by atoms with Gasteiger partial charge in [0, 0.05) is 6.42 Å². The lowest BCUT2D eigenvalue weighted by Gasteiger charge is -2.48. The van der Waals surface area contributed by atoms with Crippen LogP contribution in [0.25, 0.3) is 0 Å². The minimum absolute atomic E-state index is 0.237. The maximum atomic E-state index is 13.5. The predicted octanol–water partition coefficient (Wildman–Crippen LogP) is 18.1. The molecule has 19 heteroatoms. The van der Waals surface area contributed by atoms with E-state index in [0.717, 1.165) is 70.6 Å².